The monoisotopic (exact) mass is 451 g/mol. The van der Waals surface area contributed by atoms with Crippen LogP contribution in [0.5, 0.6) is 5.75 Å². The SMILES string of the molecule is COc1ccc(C(=O)N(C)C)cc1NC(=O)c1cc(C(C)C)nc2c1c(C)nn2C(C)(C)C. The molecule has 8 nitrogen and oxygen atoms in total. The first kappa shape index (κ1) is 24.2. The second-order valence-electron chi connectivity index (χ2n) is 9.68. The minimum atomic E-state index is -0.311. The Bertz CT molecular complexity index is 1220. The van der Waals surface area contributed by atoms with E-state index in [-0.39, 0.29) is 23.3 Å². The molecule has 0 atom stereocenters. The predicted octanol–water partition coefficient (Wildman–Crippen LogP) is 4.58. The third-order valence-electron chi connectivity index (χ3n) is 5.40. The second-order valence-corrected chi connectivity index (χ2v) is 9.68. The quantitative estimate of drug-likeness (QED) is 0.613. The van der Waals surface area contributed by atoms with E-state index in [9.17, 15) is 9.59 Å². The summed E-state index contributed by atoms with van der Waals surface area (Å²) in [5, 5.41) is 8.36. The molecule has 0 saturated heterocycles. The molecule has 0 aliphatic carbocycles. The van der Waals surface area contributed by atoms with Crippen LogP contribution in [0.3, 0.4) is 0 Å². The van der Waals surface area contributed by atoms with Crippen LogP contribution in [-0.4, -0.2) is 52.7 Å². The molecule has 1 N–H and O–H groups in total. The summed E-state index contributed by atoms with van der Waals surface area (Å²) in [6, 6.07) is 6.81. The number of nitrogens with one attached hydrogen (secondary N) is 1. The third-order valence-corrected chi connectivity index (χ3v) is 5.40. The third kappa shape index (κ3) is 4.69. The lowest BCUT2D eigenvalue weighted by Gasteiger charge is -2.20. The summed E-state index contributed by atoms with van der Waals surface area (Å²) in [6.07, 6.45) is 0. The van der Waals surface area contributed by atoms with Crippen molar-refractivity contribution < 1.29 is 14.3 Å². The van der Waals surface area contributed by atoms with Crippen molar-refractivity contribution in [2.45, 2.75) is 53.0 Å². The maximum absolute atomic E-state index is 13.6. The number of benzene rings is 1. The molecule has 1 aromatic carbocycles. The number of ether oxygens (including phenoxy) is 1. The number of pyridine rings is 1. The Kier molecular flexibility index (Phi) is 6.49. The van der Waals surface area contributed by atoms with E-state index in [0.29, 0.717) is 33.6 Å². The summed E-state index contributed by atoms with van der Waals surface area (Å²) in [4.78, 5) is 32.3. The average molecular weight is 452 g/mol. The summed E-state index contributed by atoms with van der Waals surface area (Å²) >= 11 is 0. The molecule has 0 radical (unpaired) electrons. The Hall–Kier alpha value is -3.42. The van der Waals surface area contributed by atoms with E-state index >= 15 is 0 Å². The lowest BCUT2D eigenvalue weighted by molar-refractivity contribution is 0.0827. The van der Waals surface area contributed by atoms with Crippen molar-refractivity contribution in [3.05, 3.63) is 46.8 Å². The van der Waals surface area contributed by atoms with Crippen molar-refractivity contribution in [2.24, 2.45) is 0 Å². The molecule has 0 saturated carbocycles. The van der Waals surface area contributed by atoms with E-state index in [1.165, 1.54) is 12.0 Å². The number of nitrogens with zero attached hydrogens (tertiary/aromatic N) is 4. The fourth-order valence-corrected chi connectivity index (χ4v) is 3.64. The molecule has 0 fully saturated rings. The molecule has 3 rings (SSSR count). The first-order valence-corrected chi connectivity index (χ1v) is 11.0. The van der Waals surface area contributed by atoms with Crippen LogP contribution in [-0.2, 0) is 5.54 Å². The molecule has 2 heterocycles. The molecular weight excluding hydrogens is 418 g/mol. The molecule has 8 heteroatoms. The number of amides is 2. The van der Waals surface area contributed by atoms with Crippen LogP contribution in [0.2, 0.25) is 0 Å². The number of carbonyl (C=O) groups excluding carboxylic acids is 2. The molecule has 3 aromatic rings. The van der Waals surface area contributed by atoms with E-state index in [1.54, 1.807) is 32.3 Å². The Morgan fingerprint density at radius 2 is 1.82 bits per heavy atom. The highest BCUT2D eigenvalue weighted by molar-refractivity contribution is 6.13. The van der Waals surface area contributed by atoms with Crippen molar-refractivity contribution in [3.63, 3.8) is 0 Å². The number of methoxy groups -OCH3 is 1. The van der Waals surface area contributed by atoms with Crippen LogP contribution in [0.15, 0.2) is 24.3 Å². The van der Waals surface area contributed by atoms with E-state index in [4.69, 9.17) is 14.8 Å². The fraction of sp³-hybridized carbons (Fsp3) is 0.440. The molecule has 0 unspecified atom stereocenters. The van der Waals surface area contributed by atoms with Gasteiger partial charge < -0.3 is 15.0 Å². The van der Waals surface area contributed by atoms with Gasteiger partial charge in [0.2, 0.25) is 0 Å². The summed E-state index contributed by atoms with van der Waals surface area (Å²) in [6.45, 7) is 12.1. The van der Waals surface area contributed by atoms with E-state index in [2.05, 4.69) is 26.1 Å². The van der Waals surface area contributed by atoms with Crippen molar-refractivity contribution in [1.29, 1.82) is 0 Å². The van der Waals surface area contributed by atoms with Gasteiger partial charge in [0.25, 0.3) is 11.8 Å². The summed E-state index contributed by atoms with van der Waals surface area (Å²) in [5.74, 6) is 0.118. The van der Waals surface area contributed by atoms with Crippen LogP contribution in [0.4, 0.5) is 5.69 Å². The predicted molar refractivity (Wildman–Crippen MR) is 130 cm³/mol. The number of hydrogen-bond donors (Lipinski definition) is 1. The Balaban J connectivity index is 2.16. The minimum Gasteiger partial charge on any atom is -0.495 e. The maximum atomic E-state index is 13.6. The van der Waals surface area contributed by atoms with E-state index in [0.717, 1.165) is 11.4 Å². The van der Waals surface area contributed by atoms with Gasteiger partial charge >= 0.3 is 0 Å². The van der Waals surface area contributed by atoms with Gasteiger partial charge in [-0.3, -0.25) is 9.59 Å². The summed E-state index contributed by atoms with van der Waals surface area (Å²) in [7, 11) is 4.89. The van der Waals surface area contributed by atoms with Gasteiger partial charge in [-0.2, -0.15) is 5.10 Å². The zero-order chi connectivity index (χ0) is 24.7. The van der Waals surface area contributed by atoms with Crippen molar-refractivity contribution in [1.82, 2.24) is 19.7 Å². The summed E-state index contributed by atoms with van der Waals surface area (Å²) < 4.78 is 7.30. The maximum Gasteiger partial charge on any atom is 0.256 e. The first-order valence-electron chi connectivity index (χ1n) is 11.0. The van der Waals surface area contributed by atoms with Crippen molar-refractivity contribution in [3.8, 4) is 5.75 Å². The second kappa shape index (κ2) is 8.84. The lowest BCUT2D eigenvalue weighted by atomic mass is 10.0. The zero-order valence-corrected chi connectivity index (χ0v) is 20.9. The van der Waals surface area contributed by atoms with Crippen LogP contribution < -0.4 is 10.1 Å². The largest absolute Gasteiger partial charge is 0.495 e. The van der Waals surface area contributed by atoms with Gasteiger partial charge in [-0.25, -0.2) is 9.67 Å². The minimum absolute atomic E-state index is 0.125. The standard InChI is InChI=1S/C25H33N5O3/c1-14(2)18-13-17(21-15(3)28-30(22(21)26-18)25(4,5)6)23(31)27-19-12-16(24(32)29(7)8)10-11-20(19)33-9/h10-14H,1-9H3,(H,27,31). The van der Waals surface area contributed by atoms with E-state index in [1.807, 2.05) is 31.5 Å². The number of aryl methyl sites for hydroxylation is 1. The van der Waals surface area contributed by atoms with Gasteiger partial charge in [0.1, 0.15) is 5.75 Å². The first-order chi connectivity index (χ1) is 15.3. The number of hydrogen-bond acceptors (Lipinski definition) is 5. The van der Waals surface area contributed by atoms with Crippen molar-refractivity contribution in [2.75, 3.05) is 26.5 Å². The van der Waals surface area contributed by atoms with Crippen LogP contribution >= 0.6 is 0 Å². The van der Waals surface area contributed by atoms with Gasteiger partial charge in [-0.15, -0.1) is 0 Å². The molecule has 2 aromatic heterocycles. The topological polar surface area (TPSA) is 89.3 Å². The van der Waals surface area contributed by atoms with Gasteiger partial charge in [-0.05, 0) is 57.9 Å². The molecule has 0 aliphatic heterocycles. The molecule has 176 valence electrons. The van der Waals surface area contributed by atoms with Gasteiger partial charge in [-0.1, -0.05) is 13.8 Å². The highest BCUT2D eigenvalue weighted by Gasteiger charge is 2.26. The molecule has 33 heavy (non-hydrogen) atoms. The molecule has 0 aliphatic rings. The smallest absolute Gasteiger partial charge is 0.256 e. The molecule has 0 bridgehead atoms. The number of anilines is 1. The fourth-order valence-electron chi connectivity index (χ4n) is 3.64. The average Bonchev–Trinajstić information content (AvgIpc) is 3.09. The van der Waals surface area contributed by atoms with Gasteiger partial charge in [0.15, 0.2) is 5.65 Å². The molecular formula is C25H33N5O3. The Labute approximate surface area is 194 Å². The highest BCUT2D eigenvalue weighted by atomic mass is 16.5. The Morgan fingerprint density at radius 1 is 1.15 bits per heavy atom. The normalized spacial score (nSPS) is 11.7. The lowest BCUT2D eigenvalue weighted by Crippen LogP contribution is -2.24. The van der Waals surface area contributed by atoms with Gasteiger partial charge in [0.05, 0.1) is 35.0 Å². The van der Waals surface area contributed by atoms with Gasteiger partial charge in [0, 0.05) is 25.4 Å². The highest BCUT2D eigenvalue weighted by Crippen LogP contribution is 2.31. The zero-order valence-electron chi connectivity index (χ0n) is 20.9. The van der Waals surface area contributed by atoms with Crippen LogP contribution in [0.25, 0.3) is 11.0 Å². The van der Waals surface area contributed by atoms with E-state index < -0.39 is 0 Å². The number of carbonyl (C=O) groups is 2. The number of aromatic nitrogens is 3. The molecule has 2 amide bonds. The summed E-state index contributed by atoms with van der Waals surface area (Å²) in [5.41, 5.74) is 3.29. The van der Waals surface area contributed by atoms with Crippen LogP contribution in [0.1, 0.15) is 72.6 Å². The number of fused-ring (bicyclic) bond motifs is 1. The van der Waals surface area contributed by atoms with Crippen LogP contribution in [0, 0.1) is 6.92 Å². The van der Waals surface area contributed by atoms with Crippen molar-refractivity contribution >= 4 is 28.5 Å². The Morgan fingerprint density at radius 3 is 2.36 bits per heavy atom. The molecule has 0 spiro atoms. The number of rotatable bonds is 5.